The lowest BCUT2D eigenvalue weighted by Crippen LogP contribution is -2.31. The number of benzene rings is 1. The molecule has 0 saturated heterocycles. The highest BCUT2D eigenvalue weighted by molar-refractivity contribution is 6.06. The van der Waals surface area contributed by atoms with Crippen LogP contribution >= 0.6 is 0 Å². The molecule has 3 aliphatic heterocycles. The van der Waals surface area contributed by atoms with Gasteiger partial charge in [-0.2, -0.15) is 0 Å². The molecule has 4 aliphatic rings. The van der Waals surface area contributed by atoms with Crippen molar-refractivity contribution in [2.75, 3.05) is 0 Å². The molecule has 1 aromatic carbocycles. The molecule has 1 unspecified atom stereocenters. The fraction of sp³-hybridized carbons (Fsp3) is 0.172. The van der Waals surface area contributed by atoms with Gasteiger partial charge in [-0.1, -0.05) is 38.1 Å². The Morgan fingerprint density at radius 2 is 1.64 bits per heavy atom. The summed E-state index contributed by atoms with van der Waals surface area (Å²) < 4.78 is 0. The smallest absolute Gasteiger partial charge is 0.0670 e. The van der Waals surface area contributed by atoms with Gasteiger partial charge in [0.1, 0.15) is 0 Å². The second-order valence-corrected chi connectivity index (χ2v) is 9.76. The van der Waals surface area contributed by atoms with Gasteiger partial charge in [-0.05, 0) is 71.3 Å². The van der Waals surface area contributed by atoms with Crippen LogP contribution in [-0.4, -0.2) is 21.4 Å². The fourth-order valence-electron chi connectivity index (χ4n) is 5.64. The highest BCUT2D eigenvalue weighted by Gasteiger charge is 2.40. The standard InChI is InChI=1S/C29H24N4/c1-29(2)24-6-4-3-5-23(24)27-26-12-11-21(32-26)14-19-8-7-17(30-19)13-18-9-10-20(31-18)15-22-16-25(29)28(27)33-22/h3-12,14-16,27,30,33H,13H2,1-2H3/b20-15-,21-14-. The average molecular weight is 429 g/mol. The summed E-state index contributed by atoms with van der Waals surface area (Å²) in [6.07, 6.45) is 13.6. The zero-order chi connectivity index (χ0) is 22.2. The maximum absolute atomic E-state index is 5.07. The number of allylic oxidation sites excluding steroid dienone is 4. The molecule has 2 N–H and O–H groups in total. The van der Waals surface area contributed by atoms with E-state index in [0.717, 1.165) is 46.3 Å². The Balaban J connectivity index is 1.49. The minimum absolute atomic E-state index is 0.0730. The Kier molecular flexibility index (Phi) is 3.70. The summed E-state index contributed by atoms with van der Waals surface area (Å²) in [5.41, 5.74) is 12.6. The molecule has 0 amide bonds. The van der Waals surface area contributed by atoms with Crippen molar-refractivity contribution in [3.63, 3.8) is 0 Å². The normalized spacial score (nSPS) is 24.5. The zero-order valence-electron chi connectivity index (χ0n) is 18.7. The van der Waals surface area contributed by atoms with Gasteiger partial charge in [0.25, 0.3) is 0 Å². The molecule has 3 aromatic rings. The molecular weight excluding hydrogens is 404 g/mol. The van der Waals surface area contributed by atoms with E-state index in [2.05, 4.69) is 103 Å². The number of rotatable bonds is 0. The fourth-order valence-corrected chi connectivity index (χ4v) is 5.64. The average Bonchev–Trinajstić information content (AvgIpc) is 3.58. The number of H-pyrrole nitrogens is 2. The van der Waals surface area contributed by atoms with Crippen molar-refractivity contribution in [1.29, 1.82) is 0 Å². The Morgan fingerprint density at radius 1 is 0.818 bits per heavy atom. The van der Waals surface area contributed by atoms with E-state index in [1.807, 2.05) is 0 Å². The van der Waals surface area contributed by atoms with Gasteiger partial charge < -0.3 is 9.97 Å². The van der Waals surface area contributed by atoms with Gasteiger partial charge in [-0.15, -0.1) is 0 Å². The van der Waals surface area contributed by atoms with E-state index in [4.69, 9.17) is 9.98 Å². The van der Waals surface area contributed by atoms with Crippen molar-refractivity contribution in [2.24, 2.45) is 9.98 Å². The molecule has 4 heteroatoms. The molecule has 0 saturated carbocycles. The minimum Gasteiger partial charge on any atom is -0.359 e. The summed E-state index contributed by atoms with van der Waals surface area (Å²) in [5.74, 6) is 0.0730. The van der Waals surface area contributed by atoms with E-state index < -0.39 is 0 Å². The lowest BCUT2D eigenvalue weighted by atomic mass is 9.66. The van der Waals surface area contributed by atoms with Crippen LogP contribution in [0.4, 0.5) is 0 Å². The van der Waals surface area contributed by atoms with Crippen molar-refractivity contribution in [1.82, 2.24) is 9.97 Å². The number of aliphatic imine (C=N–C) groups is 2. The molecule has 0 fully saturated rings. The lowest BCUT2D eigenvalue weighted by molar-refractivity contribution is 0.603. The number of nitrogens with zero attached hydrogens (tertiary/aromatic N) is 2. The highest BCUT2D eigenvalue weighted by atomic mass is 14.8. The van der Waals surface area contributed by atoms with Crippen LogP contribution in [0, 0.1) is 0 Å². The molecule has 2 aromatic heterocycles. The molecule has 4 nitrogen and oxygen atoms in total. The molecule has 1 atom stereocenters. The van der Waals surface area contributed by atoms with Crippen molar-refractivity contribution < 1.29 is 0 Å². The second kappa shape index (κ2) is 6.55. The van der Waals surface area contributed by atoms with Crippen molar-refractivity contribution in [3.8, 4) is 0 Å². The van der Waals surface area contributed by atoms with E-state index in [0.29, 0.717) is 0 Å². The van der Waals surface area contributed by atoms with Crippen LogP contribution in [0.1, 0.15) is 59.2 Å². The van der Waals surface area contributed by atoms with Crippen molar-refractivity contribution in [3.05, 3.63) is 118 Å². The second-order valence-electron chi connectivity index (χ2n) is 9.76. The molecule has 160 valence electrons. The number of nitrogens with one attached hydrogen (secondary N) is 2. The lowest BCUT2D eigenvalue weighted by Gasteiger charge is -2.37. The summed E-state index contributed by atoms with van der Waals surface area (Å²) in [5, 5.41) is 0. The Morgan fingerprint density at radius 3 is 2.58 bits per heavy atom. The number of fused-ring (bicyclic) bond motifs is 8. The van der Waals surface area contributed by atoms with E-state index in [1.165, 1.54) is 22.4 Å². The zero-order valence-corrected chi connectivity index (χ0v) is 18.7. The summed E-state index contributed by atoms with van der Waals surface area (Å²) in [7, 11) is 0. The van der Waals surface area contributed by atoms with Crippen LogP contribution in [-0.2, 0) is 11.8 Å². The first-order valence-corrected chi connectivity index (χ1v) is 11.5. The van der Waals surface area contributed by atoms with Crippen LogP contribution in [0.25, 0.3) is 12.2 Å². The van der Waals surface area contributed by atoms with Gasteiger partial charge in [0.2, 0.25) is 0 Å². The molecule has 8 bridgehead atoms. The molecule has 1 aliphatic carbocycles. The quantitative estimate of drug-likeness (QED) is 0.436. The van der Waals surface area contributed by atoms with Gasteiger partial charge in [0.05, 0.1) is 23.0 Å². The van der Waals surface area contributed by atoms with Crippen LogP contribution in [0.5, 0.6) is 0 Å². The van der Waals surface area contributed by atoms with Crippen LogP contribution in [0.2, 0.25) is 0 Å². The van der Waals surface area contributed by atoms with E-state index in [9.17, 15) is 0 Å². The van der Waals surface area contributed by atoms with Gasteiger partial charge in [0, 0.05) is 40.3 Å². The third-order valence-corrected chi connectivity index (χ3v) is 7.22. The molecular formula is C29H24N4. The maximum Gasteiger partial charge on any atom is 0.0670 e. The van der Waals surface area contributed by atoms with Gasteiger partial charge >= 0.3 is 0 Å². The summed E-state index contributed by atoms with van der Waals surface area (Å²) >= 11 is 0. The van der Waals surface area contributed by atoms with Crippen molar-refractivity contribution in [2.45, 2.75) is 31.6 Å². The minimum atomic E-state index is -0.0968. The molecule has 7 rings (SSSR count). The number of aromatic nitrogens is 2. The Hall–Kier alpha value is -3.92. The topological polar surface area (TPSA) is 56.3 Å². The predicted octanol–water partition coefficient (Wildman–Crippen LogP) is 6.07. The van der Waals surface area contributed by atoms with Crippen LogP contribution in [0.3, 0.4) is 0 Å². The summed E-state index contributed by atoms with van der Waals surface area (Å²) in [6, 6.07) is 15.4. The largest absolute Gasteiger partial charge is 0.359 e. The van der Waals surface area contributed by atoms with E-state index >= 15 is 0 Å². The predicted molar refractivity (Wildman–Crippen MR) is 135 cm³/mol. The van der Waals surface area contributed by atoms with E-state index in [1.54, 1.807) is 0 Å². The number of aromatic amines is 2. The first-order chi connectivity index (χ1) is 16.0. The van der Waals surface area contributed by atoms with Crippen LogP contribution in [0.15, 0.2) is 88.1 Å². The summed E-state index contributed by atoms with van der Waals surface area (Å²) in [4.78, 5) is 17.2. The number of hydrogen-bond donors (Lipinski definition) is 2. The summed E-state index contributed by atoms with van der Waals surface area (Å²) in [6.45, 7) is 4.64. The maximum atomic E-state index is 5.07. The molecule has 33 heavy (non-hydrogen) atoms. The molecule has 0 spiro atoms. The number of hydrogen-bond acceptors (Lipinski definition) is 2. The van der Waals surface area contributed by atoms with E-state index in [-0.39, 0.29) is 11.3 Å². The molecule has 0 radical (unpaired) electrons. The van der Waals surface area contributed by atoms with Crippen molar-refractivity contribution >= 4 is 23.6 Å². The third-order valence-electron chi connectivity index (χ3n) is 7.22. The first kappa shape index (κ1) is 18.6. The Labute approximate surface area is 192 Å². The van der Waals surface area contributed by atoms with Gasteiger partial charge in [0.15, 0.2) is 0 Å². The van der Waals surface area contributed by atoms with Gasteiger partial charge in [-0.25, -0.2) is 0 Å². The Bertz CT molecular complexity index is 1510. The highest BCUT2D eigenvalue weighted by Crippen LogP contribution is 2.48. The SMILES string of the molecule is CC1(C)c2ccccc2C2C3=N/C(=C\c4ccc([nH]4)CC4=N/C(=C\c5cc1c2[nH]5)C=C4)C=C3. The van der Waals surface area contributed by atoms with Gasteiger partial charge in [-0.3, -0.25) is 9.98 Å². The first-order valence-electron chi connectivity index (χ1n) is 11.5. The van der Waals surface area contributed by atoms with Crippen LogP contribution < -0.4 is 0 Å². The molecule has 5 heterocycles. The third kappa shape index (κ3) is 2.83. The monoisotopic (exact) mass is 428 g/mol.